The molecule has 3 N–H and O–H groups in total. The number of aliphatic hydroxyl groups excluding tert-OH is 2. The van der Waals surface area contributed by atoms with E-state index in [1.807, 2.05) is 165 Å². The van der Waals surface area contributed by atoms with E-state index in [2.05, 4.69) is 189 Å². The minimum Gasteiger partial charge on any atom is -0.512 e. The number of carbonyl (C=O) groups excluding carboxylic acids is 2. The summed E-state index contributed by atoms with van der Waals surface area (Å²) in [5, 5.41) is 38.4. The van der Waals surface area contributed by atoms with Gasteiger partial charge in [0.05, 0.1) is 34.2 Å². The second-order valence-electron chi connectivity index (χ2n) is 28.5. The fourth-order valence-corrected chi connectivity index (χ4v) is 13.1. The Kier molecular flexibility index (Phi) is 39.8. The number of carboxylic acid groups (broad SMARTS) is 1. The smallest absolute Gasteiger partial charge is 0.382 e. The number of rotatable bonds is 12. The van der Waals surface area contributed by atoms with E-state index in [1.165, 1.54) is 96.7 Å². The predicted molar refractivity (Wildman–Crippen MR) is 481 cm³/mol. The molecule has 0 atom stereocenters. The third kappa shape index (κ3) is 29.1. The molecule has 0 bridgehead atoms. The molecule has 5 aromatic heterocycles. The molecule has 4 radical (unpaired) electrons. The summed E-state index contributed by atoms with van der Waals surface area (Å²) in [5.74, 6) is -1.12. The molecule has 5 heterocycles. The number of nitriles is 1. The number of benzene rings is 11. The standard InChI is InChI=1S/C27H17F3N.C23H15N2.C20H19N2.C19H16N.C6H5NO2.2C5H8O2.4Ir/c1-17-14-21-8-4-5-9-25(21)31-26(17)22-12-13-24(27(28,29)30)23(16-22)20-11-10-18-6-2-3-7-19(18)15-20;1-16-13-18-7-3-5-12-22(18)25-23(16)19-10-6-9-17(14-19)21-11-4-2-8-20(21)15-24;1-15-19(22(2)3)12-13-21-20(15)18-11-7-10-17(14-18)16-8-5-4-6-9-16;1-14-8-10-16(11-9-14)17-6-3-7-18(13-17)19-15(2)5-4-12-20-19;8-6(9)5-3-1-2-4-7-5;2*1-4(6)3-5(2)7;;;;/h2-11,13-16H,1H3;2-9,11-14H,1H3;4-10,12-14H,1-3H3;3-6,8-13H,1-2H3;1-4H,(H,8,9);2*3,6H,1-2H3;;;;/q4*-1;;;;;;;. The number of allylic oxidation sites excluding steroid dienone is 4. The molecule has 0 saturated heterocycles. The normalized spacial score (nSPS) is 10.5. The maximum atomic E-state index is 13.8. The SMILES string of the molecule is CC(=O)C=C(C)O.CC(=O)C=C(C)O.Cc1c(N(C)C)ccnc1-c1[c-]ccc(-c2ccccc2)c1.Cc1cc2ccccc2nc1-c1[c-]cc(C(F)(F)F)c(-c2ccc3ccccc3c2)c1.Cc1cc2ccccc2nc1-c1[c-]ccc(-c2ccccc2C#N)c1.Cc1ccc(-c2cc[c-]c(-c3ncccc3C)c2)cc1.O=C(O)c1ccccn1.[Ir].[Ir].[Ir].[Ir]. The molecule has 0 saturated carbocycles. The van der Waals surface area contributed by atoms with Gasteiger partial charge in [-0.25, -0.2) is 9.78 Å². The number of hydrogen-bond donors (Lipinski definition) is 3. The summed E-state index contributed by atoms with van der Waals surface area (Å²) in [5.41, 5.74) is 23.1. The molecular weight excluding hydrogens is 2280 g/mol. The van der Waals surface area contributed by atoms with Gasteiger partial charge in [0.1, 0.15) is 5.69 Å². The van der Waals surface area contributed by atoms with Crippen LogP contribution in [0.3, 0.4) is 0 Å². The molecule has 16 rings (SSSR count). The zero-order chi connectivity index (χ0) is 86.7. The Bertz CT molecular complexity index is 6410. The number of ketones is 2. The average molecular weight is 2370 g/mol. The van der Waals surface area contributed by atoms with E-state index in [9.17, 15) is 32.8 Å². The van der Waals surface area contributed by atoms with Crippen molar-refractivity contribution < 1.29 is 123 Å². The number of para-hydroxylation sites is 2. The Balaban J connectivity index is 0.000000237. The summed E-state index contributed by atoms with van der Waals surface area (Å²) in [4.78, 5) is 54.4. The molecule has 0 fully saturated rings. The Labute approximate surface area is 782 Å². The summed E-state index contributed by atoms with van der Waals surface area (Å²) in [7, 11) is 4.10. The van der Waals surface area contributed by atoms with Gasteiger partial charge >= 0.3 is 12.1 Å². The number of aromatic carboxylic acids is 1. The van der Waals surface area contributed by atoms with Gasteiger partial charge in [0, 0.05) is 131 Å². The average Bonchev–Trinajstić information content (AvgIpc) is 0.778. The molecular formula is C105H88F3Ir4N7O6-4. The van der Waals surface area contributed by atoms with Crippen LogP contribution in [0.2, 0.25) is 0 Å². The van der Waals surface area contributed by atoms with E-state index in [4.69, 9.17) is 25.3 Å². The summed E-state index contributed by atoms with van der Waals surface area (Å²) < 4.78 is 41.5. The summed E-state index contributed by atoms with van der Waals surface area (Å²) >= 11 is 0. The van der Waals surface area contributed by atoms with Gasteiger partial charge < -0.3 is 30.2 Å². The number of anilines is 1. The van der Waals surface area contributed by atoms with Crippen molar-refractivity contribution in [3.63, 3.8) is 0 Å². The van der Waals surface area contributed by atoms with Crippen LogP contribution >= 0.6 is 0 Å². The second-order valence-corrected chi connectivity index (χ2v) is 28.5. The van der Waals surface area contributed by atoms with Crippen LogP contribution < -0.4 is 4.90 Å². The van der Waals surface area contributed by atoms with Crippen LogP contribution in [-0.2, 0) is 96.2 Å². The van der Waals surface area contributed by atoms with Crippen molar-refractivity contribution in [2.24, 2.45) is 0 Å². The molecule has 13 nitrogen and oxygen atoms in total. The summed E-state index contributed by atoms with van der Waals surface area (Å²) in [6.07, 6.45) is 2.99. The molecule has 0 unspecified atom stereocenters. The Morgan fingerprint density at radius 2 is 0.864 bits per heavy atom. The molecule has 640 valence electrons. The van der Waals surface area contributed by atoms with Crippen molar-refractivity contribution in [1.29, 1.82) is 5.26 Å². The number of halogens is 3. The van der Waals surface area contributed by atoms with Crippen LogP contribution in [0, 0.1) is 70.2 Å². The van der Waals surface area contributed by atoms with Crippen LogP contribution in [0.15, 0.2) is 327 Å². The summed E-state index contributed by atoms with van der Waals surface area (Å²) in [6.45, 7) is 16.0. The molecule has 16 aromatic rings. The Morgan fingerprint density at radius 3 is 1.37 bits per heavy atom. The third-order valence-corrected chi connectivity index (χ3v) is 18.8. The number of fused-ring (bicyclic) bond motifs is 3. The van der Waals surface area contributed by atoms with Gasteiger partial charge in [0.2, 0.25) is 0 Å². The van der Waals surface area contributed by atoms with Crippen LogP contribution in [0.25, 0.3) is 122 Å². The first-order valence-corrected chi connectivity index (χ1v) is 38.6. The van der Waals surface area contributed by atoms with E-state index in [0.29, 0.717) is 22.4 Å². The van der Waals surface area contributed by atoms with Crippen molar-refractivity contribution in [3.8, 4) is 95.6 Å². The zero-order valence-corrected chi connectivity index (χ0v) is 79.8. The largest absolute Gasteiger partial charge is 0.512 e. The van der Waals surface area contributed by atoms with Crippen molar-refractivity contribution in [2.75, 3.05) is 19.0 Å². The number of hydrogen-bond acceptors (Lipinski definition) is 12. The van der Waals surface area contributed by atoms with Crippen molar-refractivity contribution in [3.05, 3.63) is 396 Å². The molecule has 0 amide bonds. The van der Waals surface area contributed by atoms with Crippen LogP contribution in [0.1, 0.15) is 77.1 Å². The number of carbonyl (C=O) groups is 3. The molecule has 11 aromatic carbocycles. The quantitative estimate of drug-likeness (QED) is 0.0593. The first kappa shape index (κ1) is 101. The number of carboxylic acids is 1. The Morgan fingerprint density at radius 1 is 0.408 bits per heavy atom. The van der Waals surface area contributed by atoms with Gasteiger partial charge in [-0.1, -0.05) is 203 Å². The molecule has 125 heavy (non-hydrogen) atoms. The van der Waals surface area contributed by atoms with E-state index >= 15 is 0 Å². The van der Waals surface area contributed by atoms with Crippen molar-refractivity contribution in [2.45, 2.75) is 68.5 Å². The number of aryl methyl sites for hydroxylation is 4. The van der Waals surface area contributed by atoms with Crippen LogP contribution in [-0.4, -0.2) is 71.9 Å². The van der Waals surface area contributed by atoms with Crippen LogP contribution in [0.4, 0.5) is 18.9 Å². The molecule has 0 aliphatic rings. The molecule has 0 spiro atoms. The van der Waals surface area contributed by atoms with E-state index in [1.54, 1.807) is 30.3 Å². The fraction of sp³-hybridized carbons (Fsp3) is 0.114. The van der Waals surface area contributed by atoms with Crippen LogP contribution in [0.5, 0.6) is 0 Å². The first-order valence-electron chi connectivity index (χ1n) is 38.6. The van der Waals surface area contributed by atoms with Crippen molar-refractivity contribution in [1.82, 2.24) is 24.9 Å². The third-order valence-electron chi connectivity index (χ3n) is 18.8. The van der Waals surface area contributed by atoms with Crippen molar-refractivity contribution >= 4 is 55.8 Å². The number of alkyl halides is 3. The number of aromatic nitrogens is 5. The first-order chi connectivity index (χ1) is 58.1. The second kappa shape index (κ2) is 49.1. The maximum Gasteiger partial charge on any atom is 0.382 e. The minimum atomic E-state index is -4.48. The summed E-state index contributed by atoms with van der Waals surface area (Å²) in [6, 6.07) is 106. The molecule has 0 aliphatic carbocycles. The number of pyridine rings is 5. The topological polar surface area (TPSA) is 203 Å². The van der Waals surface area contributed by atoms with E-state index in [-0.39, 0.29) is 115 Å². The fourth-order valence-electron chi connectivity index (χ4n) is 13.1. The minimum absolute atomic E-state index is 0. The van der Waals surface area contributed by atoms with Gasteiger partial charge in [-0.05, 0) is 189 Å². The molecule has 0 aliphatic heterocycles. The van der Waals surface area contributed by atoms with Gasteiger partial charge in [-0.2, -0.15) is 18.4 Å². The monoisotopic (exact) mass is 2370 g/mol. The van der Waals surface area contributed by atoms with E-state index in [0.717, 1.165) is 94.7 Å². The van der Waals surface area contributed by atoms with Gasteiger partial charge in [-0.15, -0.1) is 124 Å². The molecule has 20 heteroatoms. The van der Waals surface area contributed by atoms with Gasteiger partial charge in [-0.3, -0.25) is 19.6 Å². The maximum absolute atomic E-state index is 13.8. The van der Waals surface area contributed by atoms with E-state index < -0.39 is 17.7 Å². The van der Waals surface area contributed by atoms with Gasteiger partial charge in [0.15, 0.2) is 11.6 Å². The zero-order valence-electron chi connectivity index (χ0n) is 70.2. The number of aliphatic hydroxyl groups is 2. The number of nitrogens with zero attached hydrogens (tertiary/aromatic N) is 7. The van der Waals surface area contributed by atoms with Gasteiger partial charge in [0.25, 0.3) is 0 Å². The predicted octanol–water partition coefficient (Wildman–Crippen LogP) is 25.7. The Hall–Kier alpha value is -12.5.